The van der Waals surface area contributed by atoms with Crippen molar-refractivity contribution in [2.45, 2.75) is 13.0 Å². The summed E-state index contributed by atoms with van der Waals surface area (Å²) in [7, 11) is 0. The van der Waals surface area contributed by atoms with E-state index in [1.165, 1.54) is 0 Å². The van der Waals surface area contributed by atoms with Gasteiger partial charge >= 0.3 is 0 Å². The molecule has 0 aromatic heterocycles. The molecule has 2 rings (SSSR count). The van der Waals surface area contributed by atoms with Gasteiger partial charge in [-0.3, -0.25) is 4.90 Å². The van der Waals surface area contributed by atoms with Crippen molar-refractivity contribution in [1.29, 1.82) is 0 Å². The zero-order chi connectivity index (χ0) is 13.7. The summed E-state index contributed by atoms with van der Waals surface area (Å²) < 4.78 is 11.1. The number of hydrogen-bond acceptors (Lipinski definition) is 5. The van der Waals surface area contributed by atoms with Gasteiger partial charge in [-0.2, -0.15) is 0 Å². The molecule has 0 saturated carbocycles. The van der Waals surface area contributed by atoms with Crippen molar-refractivity contribution in [2.75, 3.05) is 39.5 Å². The highest BCUT2D eigenvalue weighted by molar-refractivity contribution is 5.44. The van der Waals surface area contributed by atoms with Gasteiger partial charge in [0.05, 0.1) is 6.61 Å². The van der Waals surface area contributed by atoms with Crippen molar-refractivity contribution in [2.24, 2.45) is 5.73 Å². The van der Waals surface area contributed by atoms with E-state index in [-0.39, 0.29) is 12.6 Å². The Hall–Kier alpha value is -1.30. The average Bonchev–Trinajstić information content (AvgIpc) is 2.47. The van der Waals surface area contributed by atoms with Crippen LogP contribution >= 0.6 is 0 Å². The Morgan fingerprint density at radius 3 is 2.68 bits per heavy atom. The molecular weight excluding hydrogens is 244 g/mol. The van der Waals surface area contributed by atoms with Crippen molar-refractivity contribution < 1.29 is 14.6 Å². The molecule has 0 spiro atoms. The van der Waals surface area contributed by atoms with Crippen molar-refractivity contribution in [1.82, 2.24) is 4.90 Å². The molecule has 5 heteroatoms. The van der Waals surface area contributed by atoms with E-state index in [1.54, 1.807) is 0 Å². The molecule has 1 aromatic carbocycles. The zero-order valence-electron chi connectivity index (χ0n) is 11.3. The third-order valence-corrected chi connectivity index (χ3v) is 3.41. The average molecular weight is 266 g/mol. The Labute approximate surface area is 113 Å². The zero-order valence-corrected chi connectivity index (χ0v) is 11.3. The van der Waals surface area contributed by atoms with Gasteiger partial charge in [0, 0.05) is 19.1 Å². The summed E-state index contributed by atoms with van der Waals surface area (Å²) in [6, 6.07) is 6.03. The number of aliphatic hydroxyl groups excluding tert-OH is 1. The number of nitrogens with two attached hydrogens (primary N) is 1. The van der Waals surface area contributed by atoms with Crippen LogP contribution in [0.15, 0.2) is 18.2 Å². The third-order valence-electron chi connectivity index (χ3n) is 3.41. The summed E-state index contributed by atoms with van der Waals surface area (Å²) in [6.07, 6.45) is 0. The topological polar surface area (TPSA) is 68.0 Å². The highest BCUT2D eigenvalue weighted by atomic mass is 16.6. The molecule has 0 aliphatic carbocycles. The van der Waals surface area contributed by atoms with E-state index in [0.717, 1.165) is 23.6 Å². The van der Waals surface area contributed by atoms with Crippen molar-refractivity contribution in [3.8, 4) is 11.5 Å². The monoisotopic (exact) mass is 266 g/mol. The highest BCUT2D eigenvalue weighted by Crippen LogP contribution is 2.33. The fourth-order valence-electron chi connectivity index (χ4n) is 2.43. The third kappa shape index (κ3) is 3.18. The van der Waals surface area contributed by atoms with Gasteiger partial charge in [-0.05, 0) is 24.2 Å². The maximum atomic E-state index is 9.12. The maximum Gasteiger partial charge on any atom is 0.161 e. The molecule has 1 aromatic rings. The predicted octanol–water partition coefficient (Wildman–Crippen LogP) is 0.772. The number of ether oxygens (including phenoxy) is 2. The van der Waals surface area contributed by atoms with Gasteiger partial charge in [0.1, 0.15) is 13.2 Å². The fraction of sp³-hybridized carbons (Fsp3) is 0.571. The summed E-state index contributed by atoms with van der Waals surface area (Å²) in [4.78, 5) is 2.16. The molecule has 0 bridgehead atoms. The van der Waals surface area contributed by atoms with Crippen LogP contribution in [0.2, 0.25) is 0 Å². The molecule has 0 saturated heterocycles. The van der Waals surface area contributed by atoms with Gasteiger partial charge in [0.2, 0.25) is 0 Å². The molecule has 1 aliphatic rings. The molecule has 1 unspecified atom stereocenters. The lowest BCUT2D eigenvalue weighted by Gasteiger charge is -2.30. The fourth-order valence-corrected chi connectivity index (χ4v) is 2.43. The molecule has 1 atom stereocenters. The van der Waals surface area contributed by atoms with E-state index in [1.807, 2.05) is 18.2 Å². The van der Waals surface area contributed by atoms with Crippen LogP contribution in [0, 0.1) is 0 Å². The maximum absolute atomic E-state index is 9.12. The lowest BCUT2D eigenvalue weighted by Crippen LogP contribution is -2.35. The summed E-state index contributed by atoms with van der Waals surface area (Å²) in [6.45, 7) is 5.35. The molecule has 1 aliphatic heterocycles. The standard InChI is InChI=1S/C14H22N2O3/c1-2-16(5-6-17)12(10-15)11-3-4-13-14(9-11)19-8-7-18-13/h3-4,9,12,17H,2,5-8,10,15H2,1H3. The second-order valence-corrected chi connectivity index (χ2v) is 4.51. The number of fused-ring (bicyclic) bond motifs is 1. The van der Waals surface area contributed by atoms with E-state index in [4.69, 9.17) is 20.3 Å². The molecule has 5 nitrogen and oxygen atoms in total. The smallest absolute Gasteiger partial charge is 0.161 e. The van der Waals surface area contributed by atoms with E-state index in [0.29, 0.717) is 26.3 Å². The molecular formula is C14H22N2O3. The first kappa shape index (κ1) is 14.1. The number of aliphatic hydroxyl groups is 1. The first-order chi connectivity index (χ1) is 9.30. The van der Waals surface area contributed by atoms with E-state index >= 15 is 0 Å². The van der Waals surface area contributed by atoms with Crippen LogP contribution in [0.3, 0.4) is 0 Å². The van der Waals surface area contributed by atoms with Crippen LogP contribution in [-0.4, -0.2) is 49.5 Å². The minimum atomic E-state index is 0.0907. The minimum absolute atomic E-state index is 0.0907. The molecule has 106 valence electrons. The SMILES string of the molecule is CCN(CCO)C(CN)c1ccc2c(c1)OCCO2. The van der Waals surface area contributed by atoms with Gasteiger partial charge in [-0.25, -0.2) is 0 Å². The number of nitrogens with zero attached hydrogens (tertiary/aromatic N) is 1. The van der Waals surface area contributed by atoms with Gasteiger partial charge in [-0.1, -0.05) is 13.0 Å². The Morgan fingerprint density at radius 2 is 2.05 bits per heavy atom. The largest absolute Gasteiger partial charge is 0.486 e. The summed E-state index contributed by atoms with van der Waals surface area (Å²) in [5, 5.41) is 9.12. The van der Waals surface area contributed by atoms with Gasteiger partial charge in [-0.15, -0.1) is 0 Å². The van der Waals surface area contributed by atoms with Crippen LogP contribution in [0.4, 0.5) is 0 Å². The summed E-state index contributed by atoms with van der Waals surface area (Å²) in [5.74, 6) is 1.57. The highest BCUT2D eigenvalue weighted by Gasteiger charge is 2.20. The Kier molecular flexibility index (Phi) is 5.01. The minimum Gasteiger partial charge on any atom is -0.486 e. The van der Waals surface area contributed by atoms with Crippen molar-refractivity contribution in [3.63, 3.8) is 0 Å². The molecule has 19 heavy (non-hydrogen) atoms. The van der Waals surface area contributed by atoms with E-state index in [2.05, 4.69) is 11.8 Å². The van der Waals surface area contributed by atoms with Gasteiger partial charge in [0.25, 0.3) is 0 Å². The second kappa shape index (κ2) is 6.75. The van der Waals surface area contributed by atoms with Crippen LogP contribution in [0.1, 0.15) is 18.5 Å². The number of likely N-dealkylation sites (N-methyl/N-ethyl adjacent to an activating group) is 1. The molecule has 0 amide bonds. The number of rotatable bonds is 6. The molecule has 3 N–H and O–H groups in total. The Morgan fingerprint density at radius 1 is 1.32 bits per heavy atom. The first-order valence-electron chi connectivity index (χ1n) is 6.74. The summed E-state index contributed by atoms with van der Waals surface area (Å²) >= 11 is 0. The van der Waals surface area contributed by atoms with Crippen molar-refractivity contribution >= 4 is 0 Å². The van der Waals surface area contributed by atoms with E-state index < -0.39 is 0 Å². The van der Waals surface area contributed by atoms with Gasteiger partial charge in [0.15, 0.2) is 11.5 Å². The normalized spacial score (nSPS) is 15.6. The molecule has 1 heterocycles. The summed E-state index contributed by atoms with van der Waals surface area (Å²) in [5.41, 5.74) is 6.99. The lowest BCUT2D eigenvalue weighted by atomic mass is 10.0. The Balaban J connectivity index is 2.22. The molecule has 0 fully saturated rings. The first-order valence-corrected chi connectivity index (χ1v) is 6.74. The lowest BCUT2D eigenvalue weighted by molar-refractivity contribution is 0.157. The second-order valence-electron chi connectivity index (χ2n) is 4.51. The van der Waals surface area contributed by atoms with E-state index in [9.17, 15) is 0 Å². The number of hydrogen-bond donors (Lipinski definition) is 2. The predicted molar refractivity (Wildman–Crippen MR) is 73.6 cm³/mol. The number of benzene rings is 1. The van der Waals surface area contributed by atoms with Crippen LogP contribution < -0.4 is 15.2 Å². The quantitative estimate of drug-likeness (QED) is 0.796. The molecule has 0 radical (unpaired) electrons. The van der Waals surface area contributed by atoms with Crippen LogP contribution in [0.5, 0.6) is 11.5 Å². The van der Waals surface area contributed by atoms with Gasteiger partial charge < -0.3 is 20.3 Å². The van der Waals surface area contributed by atoms with Crippen LogP contribution in [-0.2, 0) is 0 Å². The van der Waals surface area contributed by atoms with Crippen LogP contribution in [0.25, 0.3) is 0 Å². The van der Waals surface area contributed by atoms with Crippen molar-refractivity contribution in [3.05, 3.63) is 23.8 Å². The Bertz CT molecular complexity index is 412.